The summed E-state index contributed by atoms with van der Waals surface area (Å²) in [5, 5.41) is 0.936. The second kappa shape index (κ2) is 4.61. The van der Waals surface area contributed by atoms with Gasteiger partial charge in [-0.05, 0) is 31.0 Å². The summed E-state index contributed by atoms with van der Waals surface area (Å²) in [6.45, 7) is 0.644. The lowest BCUT2D eigenvalue weighted by atomic mass is 10.2. The molecular weight excluding hydrogens is 304 g/mol. The third-order valence-corrected chi connectivity index (χ3v) is 5.32. The maximum Gasteiger partial charge on any atom is 0.175 e. The predicted molar refractivity (Wildman–Crippen MR) is 70.5 cm³/mol. The van der Waals surface area contributed by atoms with Crippen molar-refractivity contribution in [2.45, 2.75) is 17.7 Å². The van der Waals surface area contributed by atoms with Crippen LogP contribution in [0.3, 0.4) is 0 Å². The molecule has 1 saturated carbocycles. The maximum atomic E-state index is 11.4. The van der Waals surface area contributed by atoms with E-state index in [9.17, 15) is 8.42 Å². The number of benzene rings is 1. The van der Waals surface area contributed by atoms with Gasteiger partial charge in [-0.15, -0.1) is 0 Å². The molecule has 0 heterocycles. The third-order valence-electron chi connectivity index (χ3n) is 3.02. The number of ether oxygens (including phenoxy) is 1. The molecule has 94 valence electrons. The van der Waals surface area contributed by atoms with Gasteiger partial charge in [0.2, 0.25) is 0 Å². The predicted octanol–water partition coefficient (Wildman–Crippen LogP) is 2.64. The Balaban J connectivity index is 2.07. The van der Waals surface area contributed by atoms with Crippen molar-refractivity contribution in [3.8, 4) is 5.75 Å². The first-order valence-electron chi connectivity index (χ1n) is 5.44. The summed E-state index contributed by atoms with van der Waals surface area (Å²) in [5.41, 5.74) is 0.265. The molecule has 0 N–H and O–H groups in total. The van der Waals surface area contributed by atoms with Crippen LogP contribution in [0, 0.1) is 5.41 Å². The highest BCUT2D eigenvalue weighted by molar-refractivity contribution is 9.09. The van der Waals surface area contributed by atoms with Crippen LogP contribution in [0.5, 0.6) is 5.75 Å². The average molecular weight is 319 g/mol. The number of sulfone groups is 1. The largest absolute Gasteiger partial charge is 0.493 e. The van der Waals surface area contributed by atoms with E-state index in [-0.39, 0.29) is 5.41 Å². The Morgan fingerprint density at radius 3 is 2.65 bits per heavy atom. The molecule has 2 rings (SSSR count). The van der Waals surface area contributed by atoms with Gasteiger partial charge in [-0.25, -0.2) is 8.42 Å². The van der Waals surface area contributed by atoms with Crippen molar-refractivity contribution in [3.05, 3.63) is 24.3 Å². The number of halogens is 1. The van der Waals surface area contributed by atoms with E-state index >= 15 is 0 Å². The first-order chi connectivity index (χ1) is 7.95. The zero-order valence-electron chi connectivity index (χ0n) is 9.65. The van der Waals surface area contributed by atoms with Gasteiger partial charge in [0.25, 0.3) is 0 Å². The molecule has 5 heteroatoms. The molecule has 3 nitrogen and oxygen atoms in total. The topological polar surface area (TPSA) is 43.4 Å². The molecular formula is C12H15BrO3S. The fourth-order valence-corrected chi connectivity index (χ4v) is 2.90. The van der Waals surface area contributed by atoms with Crippen LogP contribution in [-0.2, 0) is 9.84 Å². The SMILES string of the molecule is CS(=O)(=O)c1cccc(OCC2(CBr)CC2)c1. The van der Waals surface area contributed by atoms with Crippen LogP contribution in [0.4, 0.5) is 0 Å². The summed E-state index contributed by atoms with van der Waals surface area (Å²) < 4.78 is 28.4. The van der Waals surface area contributed by atoms with Crippen LogP contribution in [0.15, 0.2) is 29.2 Å². The Morgan fingerprint density at radius 1 is 1.41 bits per heavy atom. The Labute approximate surface area is 110 Å². The minimum absolute atomic E-state index is 0.265. The summed E-state index contributed by atoms with van der Waals surface area (Å²) in [7, 11) is -3.16. The Morgan fingerprint density at radius 2 is 2.12 bits per heavy atom. The first-order valence-corrected chi connectivity index (χ1v) is 8.45. The number of rotatable bonds is 5. The van der Waals surface area contributed by atoms with E-state index in [1.54, 1.807) is 24.3 Å². The van der Waals surface area contributed by atoms with Crippen LogP contribution in [0.25, 0.3) is 0 Å². The summed E-state index contributed by atoms with van der Waals surface area (Å²) in [6.07, 6.45) is 3.54. The quantitative estimate of drug-likeness (QED) is 0.784. The zero-order chi connectivity index (χ0) is 12.5. The monoisotopic (exact) mass is 318 g/mol. The van der Waals surface area contributed by atoms with E-state index in [0.717, 1.165) is 5.33 Å². The van der Waals surface area contributed by atoms with Gasteiger partial charge in [0.1, 0.15) is 5.75 Å². The van der Waals surface area contributed by atoms with Crippen LogP contribution in [-0.4, -0.2) is 26.6 Å². The molecule has 0 unspecified atom stereocenters. The fourth-order valence-electron chi connectivity index (χ4n) is 1.52. The maximum absolute atomic E-state index is 11.4. The van der Waals surface area contributed by atoms with Gasteiger partial charge >= 0.3 is 0 Å². The molecule has 1 aliphatic carbocycles. The number of hydrogen-bond acceptors (Lipinski definition) is 3. The number of alkyl halides is 1. The lowest BCUT2D eigenvalue weighted by Crippen LogP contribution is -2.14. The van der Waals surface area contributed by atoms with Gasteiger partial charge < -0.3 is 4.74 Å². The Hall–Kier alpha value is -0.550. The van der Waals surface area contributed by atoms with Crippen LogP contribution in [0.1, 0.15) is 12.8 Å². The van der Waals surface area contributed by atoms with Crippen molar-refractivity contribution in [2.24, 2.45) is 5.41 Å². The van der Waals surface area contributed by atoms with Crippen molar-refractivity contribution in [3.63, 3.8) is 0 Å². The van der Waals surface area contributed by atoms with E-state index in [2.05, 4.69) is 15.9 Å². The van der Waals surface area contributed by atoms with Gasteiger partial charge in [-0.3, -0.25) is 0 Å². The van der Waals surface area contributed by atoms with E-state index < -0.39 is 9.84 Å². The van der Waals surface area contributed by atoms with Crippen molar-refractivity contribution in [2.75, 3.05) is 18.2 Å². The summed E-state index contributed by atoms with van der Waals surface area (Å²) in [4.78, 5) is 0.304. The molecule has 1 aliphatic rings. The highest BCUT2D eigenvalue weighted by Crippen LogP contribution is 2.47. The van der Waals surface area contributed by atoms with Crippen molar-refractivity contribution >= 4 is 25.8 Å². The van der Waals surface area contributed by atoms with Crippen molar-refractivity contribution in [1.82, 2.24) is 0 Å². The van der Waals surface area contributed by atoms with Crippen LogP contribution >= 0.6 is 15.9 Å². The molecule has 0 atom stereocenters. The minimum atomic E-state index is -3.16. The molecule has 0 radical (unpaired) electrons. The molecule has 0 saturated heterocycles. The molecule has 1 aromatic carbocycles. The summed E-state index contributed by atoms with van der Waals surface area (Å²) in [6, 6.07) is 6.66. The normalized spacial score (nSPS) is 17.8. The highest BCUT2D eigenvalue weighted by atomic mass is 79.9. The standard InChI is InChI=1S/C12H15BrO3S/c1-17(14,15)11-4-2-3-10(7-11)16-9-12(8-13)5-6-12/h2-4,7H,5-6,8-9H2,1H3. The molecule has 0 aliphatic heterocycles. The van der Waals surface area contributed by atoms with E-state index in [0.29, 0.717) is 17.3 Å². The minimum Gasteiger partial charge on any atom is -0.493 e. The van der Waals surface area contributed by atoms with Gasteiger partial charge in [0.15, 0.2) is 9.84 Å². The highest BCUT2D eigenvalue weighted by Gasteiger charge is 2.42. The van der Waals surface area contributed by atoms with E-state index in [1.165, 1.54) is 19.1 Å². The molecule has 0 spiro atoms. The van der Waals surface area contributed by atoms with Gasteiger partial charge in [-0.1, -0.05) is 22.0 Å². The first kappa shape index (κ1) is 12.9. The summed E-state index contributed by atoms with van der Waals surface area (Å²) >= 11 is 3.48. The molecule has 1 fully saturated rings. The molecule has 1 aromatic rings. The third kappa shape index (κ3) is 3.22. The molecule has 0 amide bonds. The smallest absolute Gasteiger partial charge is 0.175 e. The number of hydrogen-bond donors (Lipinski definition) is 0. The van der Waals surface area contributed by atoms with Crippen LogP contribution in [0.2, 0.25) is 0 Å². The molecule has 17 heavy (non-hydrogen) atoms. The van der Waals surface area contributed by atoms with Crippen molar-refractivity contribution < 1.29 is 13.2 Å². The lowest BCUT2D eigenvalue weighted by molar-refractivity contribution is 0.251. The Kier molecular flexibility index (Phi) is 3.50. The fraction of sp³-hybridized carbons (Fsp3) is 0.500. The lowest BCUT2D eigenvalue weighted by Gasteiger charge is -2.13. The zero-order valence-corrected chi connectivity index (χ0v) is 12.1. The van der Waals surface area contributed by atoms with E-state index in [1.807, 2.05) is 0 Å². The molecule has 0 aromatic heterocycles. The Bertz CT molecular complexity index is 506. The van der Waals surface area contributed by atoms with Gasteiger partial charge in [0, 0.05) is 17.0 Å². The van der Waals surface area contributed by atoms with Crippen LogP contribution < -0.4 is 4.74 Å². The van der Waals surface area contributed by atoms with E-state index in [4.69, 9.17) is 4.74 Å². The van der Waals surface area contributed by atoms with Gasteiger partial charge in [-0.2, -0.15) is 0 Å². The average Bonchev–Trinajstić information content (AvgIpc) is 3.06. The van der Waals surface area contributed by atoms with Crippen molar-refractivity contribution in [1.29, 1.82) is 0 Å². The second-order valence-corrected chi connectivity index (χ2v) is 7.25. The van der Waals surface area contributed by atoms with Gasteiger partial charge in [0.05, 0.1) is 11.5 Å². The molecule has 0 bridgehead atoms. The summed E-state index contributed by atoms with van der Waals surface area (Å²) in [5.74, 6) is 0.625. The second-order valence-electron chi connectivity index (χ2n) is 4.67.